The zero-order valence-electron chi connectivity index (χ0n) is 65.4. The summed E-state index contributed by atoms with van der Waals surface area (Å²) in [4.78, 5) is 74.4. The Balaban J connectivity index is 0.000000116. The molecule has 0 spiro atoms. The molecule has 4 aromatic heterocycles. The Labute approximate surface area is 691 Å². The van der Waals surface area contributed by atoms with Crippen molar-refractivity contribution in [1.29, 1.82) is 0 Å². The number of aliphatic hydroxyl groups excluding tert-OH is 4. The van der Waals surface area contributed by atoms with Gasteiger partial charge in [0.05, 0.1) is 64.8 Å². The molecule has 0 saturated carbocycles. The van der Waals surface area contributed by atoms with Crippen molar-refractivity contribution < 1.29 is 103 Å². The normalized spacial score (nSPS) is 20.0. The zero-order valence-corrected chi connectivity index (χ0v) is 65.4. The number of methoxy groups -OCH3 is 2. The first kappa shape index (κ1) is 81.2. The number of aromatic nitrogens is 8. The average Bonchev–Trinajstić information content (AvgIpc) is 1.60. The highest BCUT2D eigenvalue weighted by Crippen LogP contribution is 2.54. The van der Waals surface area contributed by atoms with E-state index in [2.05, 4.69) is 62.2 Å². The summed E-state index contributed by atoms with van der Waals surface area (Å²) < 4.78 is 114. The van der Waals surface area contributed by atoms with Crippen LogP contribution in [0.15, 0.2) is 188 Å². The fraction of sp³-hybridized carbons (Fsp3) is 0.318. The monoisotopic (exact) mass is 1670 g/mol. The lowest BCUT2D eigenvalue weighted by molar-refractivity contribution is -0.275. The maximum atomic E-state index is 12.3. The van der Waals surface area contributed by atoms with Gasteiger partial charge in [-0.25, -0.2) is 0 Å². The van der Waals surface area contributed by atoms with Crippen LogP contribution in [0.5, 0.6) is 23.0 Å². The number of fused-ring (bicyclic) bond motifs is 12. The highest BCUT2D eigenvalue weighted by Gasteiger charge is 2.51. The predicted octanol–water partition coefficient (Wildman–Crippen LogP) is 13.2. The van der Waals surface area contributed by atoms with Crippen molar-refractivity contribution in [3.05, 3.63) is 214 Å². The van der Waals surface area contributed by atoms with Gasteiger partial charge in [-0.3, -0.25) is 19.2 Å². The van der Waals surface area contributed by atoms with Crippen molar-refractivity contribution >= 4 is 23.6 Å². The van der Waals surface area contributed by atoms with Crippen LogP contribution in [0.4, 0.5) is 26.3 Å². The predicted molar refractivity (Wildman–Crippen MR) is 421 cm³/mol. The summed E-state index contributed by atoms with van der Waals surface area (Å²) in [6.07, 6.45) is -4.64. The summed E-state index contributed by atoms with van der Waals surface area (Å²) in [5, 5.41) is 53.9. The molecule has 0 radical (unpaired) electrons. The second-order valence-corrected chi connectivity index (χ2v) is 30.5. The average molecular weight is 1670 g/mol. The molecule has 8 aliphatic rings. The molecule has 4 N–H and O–H groups in total. The molecular weight excluding hydrogens is 1600 g/mol. The van der Waals surface area contributed by atoms with Gasteiger partial charge in [-0.15, -0.1) is 26.3 Å². The zero-order chi connectivity index (χ0) is 84.8. The molecule has 4 aliphatic heterocycles. The van der Waals surface area contributed by atoms with Crippen molar-refractivity contribution in [2.75, 3.05) is 66.8 Å². The number of alkyl halides is 6. The molecule has 20 rings (SSSR count). The van der Waals surface area contributed by atoms with Crippen molar-refractivity contribution in [1.82, 2.24) is 60.2 Å². The number of carbonyl (C=O) groups excluding carboxylic acids is 4. The van der Waals surface area contributed by atoms with Crippen LogP contribution in [0, 0.1) is 23.7 Å². The molecule has 0 unspecified atom stereocenters. The number of benzene rings is 8. The molecule has 8 atom stereocenters. The quantitative estimate of drug-likeness (QED) is 0.0515. The van der Waals surface area contributed by atoms with E-state index in [1.54, 1.807) is 33.8 Å². The number of halogens is 6. The van der Waals surface area contributed by atoms with E-state index in [1.165, 1.54) is 59.7 Å². The molecule has 8 heterocycles. The second kappa shape index (κ2) is 33.8. The molecule has 8 aromatic carbocycles. The SMILES string of the molecule is COc1ccc(-c2nc(-c3cccc4c3C[C@@H]3CC(=O)N(CCO)[C@H]43)no2)cc1.COc1ccc(-c2nc(-c3cccc4c3C[C@H]3CC(=O)N(CCO)[C@@H]43)no2)cc1.O=C1C[C@@H]2Cc3c(-c4noc(-c5ccc(OC(F)(F)F)cc5)n4)cccc3[C@@H]2N1CCO.O=C1C[C@H]2Cc3c(-c4noc(-c5ccc(OC(F)(F)F)cc5)n4)cccc3[C@H]2N1CCO. The van der Waals surface area contributed by atoms with Crippen LogP contribution < -0.4 is 18.9 Å². The fourth-order valence-electron chi connectivity index (χ4n) is 18.6. The van der Waals surface area contributed by atoms with Gasteiger partial charge < -0.3 is 77.1 Å². The number of ether oxygens (including phenoxy) is 4. The standard InChI is InChI=1S/2C22H18F3N3O4.2C22H21N3O4/c2*23-22(24,25)31-14-6-4-12(5-7-14)21-26-20(27-32-21)16-3-1-2-15-17(16)10-13-11-18(30)28(8-9-29)19(13)15;2*1-28-15-7-5-13(6-8-15)22-23-21(24-29-22)17-4-2-3-16-18(17)11-14-12-19(27)25(9-10-26)20(14)16/h2*1-7,13,19,29H,8-11H2;2*2-8,14,20,26H,9-12H2,1H3/t2*13-,19+;2*14-,20+/m1010/s1. The van der Waals surface area contributed by atoms with Gasteiger partial charge in [0.2, 0.25) is 46.9 Å². The molecule has 628 valence electrons. The first-order valence-corrected chi connectivity index (χ1v) is 39.5. The number of rotatable bonds is 20. The van der Waals surface area contributed by atoms with E-state index in [0.717, 1.165) is 91.1 Å². The number of hydrogen-bond donors (Lipinski definition) is 4. The number of amides is 4. The minimum absolute atomic E-state index is 0.0255. The maximum absolute atomic E-state index is 12.3. The van der Waals surface area contributed by atoms with Gasteiger partial charge in [0.25, 0.3) is 23.6 Å². The number of aliphatic hydroxyl groups is 4. The number of carbonyl (C=O) groups is 4. The van der Waals surface area contributed by atoms with Crippen LogP contribution in [0.3, 0.4) is 0 Å². The molecule has 12 aromatic rings. The number of likely N-dealkylation sites (tertiary alicyclic amines) is 4. The number of β-amino-alcohol motifs (C(OH)–C–C–N with tert-alkyl or cyclic N) is 4. The first-order valence-electron chi connectivity index (χ1n) is 39.5. The molecule has 34 heteroatoms. The Hall–Kier alpha value is -13.2. The summed E-state index contributed by atoms with van der Waals surface area (Å²) in [5.41, 5.74) is 14.8. The van der Waals surface area contributed by atoms with Crippen LogP contribution >= 0.6 is 0 Å². The molecule has 4 amide bonds. The molecule has 4 saturated heterocycles. The minimum Gasteiger partial charge on any atom is -0.497 e. The topological polar surface area (TPSA) is 355 Å². The summed E-state index contributed by atoms with van der Waals surface area (Å²) in [6.45, 7) is 1.09. The molecular formula is C88H78F6N12O16. The summed E-state index contributed by atoms with van der Waals surface area (Å²) in [7, 11) is 3.25. The van der Waals surface area contributed by atoms with Gasteiger partial charge in [-0.05, 0) is 191 Å². The van der Waals surface area contributed by atoms with E-state index < -0.39 is 12.7 Å². The van der Waals surface area contributed by atoms with E-state index in [-0.39, 0.29) is 121 Å². The lowest BCUT2D eigenvalue weighted by atomic mass is 10.0. The first-order chi connectivity index (χ1) is 59.1. The van der Waals surface area contributed by atoms with E-state index in [1.807, 2.05) is 109 Å². The second-order valence-electron chi connectivity index (χ2n) is 30.5. The van der Waals surface area contributed by atoms with E-state index in [0.29, 0.717) is 111 Å². The van der Waals surface area contributed by atoms with Crippen LogP contribution in [-0.2, 0) is 44.9 Å². The Kier molecular flexibility index (Phi) is 22.5. The molecule has 4 aliphatic carbocycles. The van der Waals surface area contributed by atoms with Crippen molar-refractivity contribution in [2.45, 2.75) is 88.3 Å². The lowest BCUT2D eigenvalue weighted by Crippen LogP contribution is -2.30. The smallest absolute Gasteiger partial charge is 0.497 e. The lowest BCUT2D eigenvalue weighted by Gasteiger charge is -2.24. The summed E-state index contributed by atoms with van der Waals surface area (Å²) >= 11 is 0. The fourth-order valence-corrected chi connectivity index (χ4v) is 18.6. The van der Waals surface area contributed by atoms with E-state index in [4.69, 9.17) is 27.6 Å². The van der Waals surface area contributed by atoms with Crippen LogP contribution in [-0.4, -0.2) is 184 Å². The van der Waals surface area contributed by atoms with Gasteiger partial charge >= 0.3 is 12.7 Å². The molecule has 0 bridgehead atoms. The van der Waals surface area contributed by atoms with Crippen LogP contribution in [0.25, 0.3) is 91.4 Å². The summed E-state index contributed by atoms with van der Waals surface area (Å²) in [5.74, 6) is 5.01. The Morgan fingerprint density at radius 2 is 0.549 bits per heavy atom. The molecule has 4 fully saturated rings. The van der Waals surface area contributed by atoms with Crippen molar-refractivity contribution in [2.24, 2.45) is 23.7 Å². The van der Waals surface area contributed by atoms with Gasteiger partial charge in [0.1, 0.15) is 23.0 Å². The summed E-state index contributed by atoms with van der Waals surface area (Å²) in [6, 6.07) is 48.8. The highest BCUT2D eigenvalue weighted by molar-refractivity contribution is 5.85. The number of nitrogens with zero attached hydrogens (tertiary/aromatic N) is 12. The van der Waals surface area contributed by atoms with E-state index >= 15 is 0 Å². The number of hydrogen-bond acceptors (Lipinski definition) is 24. The van der Waals surface area contributed by atoms with Gasteiger partial charge in [0.15, 0.2) is 0 Å². The van der Waals surface area contributed by atoms with E-state index in [9.17, 15) is 65.9 Å². The Bertz CT molecular complexity index is 5510. The van der Waals surface area contributed by atoms with Crippen molar-refractivity contribution in [3.8, 4) is 114 Å². The van der Waals surface area contributed by atoms with Crippen LogP contribution in [0.1, 0.15) is 94.4 Å². The molecule has 28 nitrogen and oxygen atoms in total. The third-order valence-electron chi connectivity index (χ3n) is 23.5. The molecule has 122 heavy (non-hydrogen) atoms. The van der Waals surface area contributed by atoms with Gasteiger partial charge in [0, 0.05) is 96.4 Å². The largest absolute Gasteiger partial charge is 0.573 e. The van der Waals surface area contributed by atoms with Gasteiger partial charge in [-0.2, -0.15) is 19.9 Å². The van der Waals surface area contributed by atoms with Crippen molar-refractivity contribution in [3.63, 3.8) is 0 Å². The Morgan fingerprint density at radius 3 is 0.754 bits per heavy atom. The Morgan fingerprint density at radius 1 is 0.328 bits per heavy atom. The third-order valence-corrected chi connectivity index (χ3v) is 23.5. The highest BCUT2D eigenvalue weighted by atomic mass is 19.4. The van der Waals surface area contributed by atoms with Gasteiger partial charge in [-0.1, -0.05) is 93.4 Å². The third kappa shape index (κ3) is 16.1. The van der Waals surface area contributed by atoms with Crippen LogP contribution in [0.2, 0.25) is 0 Å². The minimum atomic E-state index is -4.76. The maximum Gasteiger partial charge on any atom is 0.573 e.